The minimum Gasteiger partial charge on any atom is -0.462 e. The van der Waals surface area contributed by atoms with E-state index in [1.54, 1.807) is 13.8 Å². The number of carbonyl (C=O) groups excluding carboxylic acids is 2. The van der Waals surface area contributed by atoms with E-state index in [9.17, 15) is 9.59 Å². The number of nitrogens with zero attached hydrogens (tertiary/aromatic N) is 2. The summed E-state index contributed by atoms with van der Waals surface area (Å²) < 4.78 is 5.08. The molecule has 2 rings (SSSR count). The Morgan fingerprint density at radius 2 is 1.91 bits per heavy atom. The van der Waals surface area contributed by atoms with Crippen LogP contribution >= 0.6 is 35.3 Å². The lowest BCUT2D eigenvalue weighted by Crippen LogP contribution is -2.39. The predicted molar refractivity (Wildman–Crippen MR) is 139 cm³/mol. The van der Waals surface area contributed by atoms with Crippen molar-refractivity contribution in [3.05, 3.63) is 51.5 Å². The van der Waals surface area contributed by atoms with Gasteiger partial charge in [-0.1, -0.05) is 30.3 Å². The van der Waals surface area contributed by atoms with E-state index >= 15 is 0 Å². The number of aliphatic imine (C=N–C) groups is 1. The van der Waals surface area contributed by atoms with Crippen molar-refractivity contribution in [1.82, 2.24) is 20.9 Å². The molecular formula is C22H32IN5O3S. The SMILES string of the molecule is CCNC(=NCC(=O)NCCc1ccccc1)NC(C)c1nc(C)c(C(=O)OCC)s1.I. The summed E-state index contributed by atoms with van der Waals surface area (Å²) in [7, 11) is 0. The molecule has 0 radical (unpaired) electrons. The molecular weight excluding hydrogens is 541 g/mol. The first-order chi connectivity index (χ1) is 14.9. The van der Waals surface area contributed by atoms with Gasteiger partial charge in [-0.05, 0) is 39.7 Å². The normalized spacial score (nSPS) is 11.8. The second kappa shape index (κ2) is 14.8. The van der Waals surface area contributed by atoms with Crippen LogP contribution in [0.5, 0.6) is 0 Å². The third-order valence-corrected chi connectivity index (χ3v) is 5.62. The Morgan fingerprint density at radius 3 is 2.56 bits per heavy atom. The Kier molecular flexibility index (Phi) is 12.8. The van der Waals surface area contributed by atoms with Crippen LogP contribution in [-0.2, 0) is 16.0 Å². The van der Waals surface area contributed by atoms with Crippen LogP contribution < -0.4 is 16.0 Å². The van der Waals surface area contributed by atoms with Crippen molar-refractivity contribution >= 4 is 53.1 Å². The van der Waals surface area contributed by atoms with Crippen LogP contribution in [0.4, 0.5) is 0 Å². The number of nitrogens with one attached hydrogen (secondary N) is 3. The molecule has 32 heavy (non-hydrogen) atoms. The van der Waals surface area contributed by atoms with Gasteiger partial charge in [-0.2, -0.15) is 0 Å². The first kappa shape index (κ1) is 27.8. The van der Waals surface area contributed by atoms with Crippen molar-refractivity contribution in [3.63, 3.8) is 0 Å². The zero-order valence-corrected chi connectivity index (χ0v) is 22.1. The third kappa shape index (κ3) is 9.11. The maximum absolute atomic E-state index is 12.1. The molecule has 0 saturated carbocycles. The van der Waals surface area contributed by atoms with E-state index in [-0.39, 0.29) is 48.4 Å². The number of aryl methyl sites for hydroxylation is 1. The summed E-state index contributed by atoms with van der Waals surface area (Å²) in [5.41, 5.74) is 1.82. The second-order valence-corrected chi connectivity index (χ2v) is 7.86. The molecule has 0 spiro atoms. The van der Waals surface area contributed by atoms with Crippen LogP contribution in [0, 0.1) is 6.92 Å². The minimum absolute atomic E-state index is 0. The standard InChI is InChI=1S/C22H31N5O3S.HI/c1-5-23-22(25-14-18(28)24-13-12-17-10-8-7-9-11-17)27-16(4)20-26-15(3)19(31-20)21(29)30-6-2;/h7-11,16H,5-6,12-14H2,1-4H3,(H,24,28)(H2,23,25,27);1H. The maximum Gasteiger partial charge on any atom is 0.350 e. The van der Waals surface area contributed by atoms with Crippen molar-refractivity contribution in [3.8, 4) is 0 Å². The van der Waals surface area contributed by atoms with Gasteiger partial charge in [-0.15, -0.1) is 35.3 Å². The lowest BCUT2D eigenvalue weighted by atomic mass is 10.1. The zero-order chi connectivity index (χ0) is 22.6. The van der Waals surface area contributed by atoms with Crippen molar-refractivity contribution in [2.24, 2.45) is 4.99 Å². The molecule has 1 aromatic carbocycles. The number of thiazole rings is 1. The third-order valence-electron chi connectivity index (χ3n) is 4.30. The molecule has 8 nitrogen and oxygen atoms in total. The van der Waals surface area contributed by atoms with Crippen LogP contribution in [0.15, 0.2) is 35.3 Å². The van der Waals surface area contributed by atoms with Gasteiger partial charge in [0, 0.05) is 13.1 Å². The molecule has 3 N–H and O–H groups in total. The highest BCUT2D eigenvalue weighted by Gasteiger charge is 2.20. The number of halogens is 1. The number of hydrogen-bond acceptors (Lipinski definition) is 6. The first-order valence-corrected chi connectivity index (χ1v) is 11.3. The van der Waals surface area contributed by atoms with Crippen LogP contribution in [0.2, 0.25) is 0 Å². The zero-order valence-electron chi connectivity index (χ0n) is 18.9. The number of esters is 1. The molecule has 1 aromatic heterocycles. The van der Waals surface area contributed by atoms with E-state index in [0.29, 0.717) is 36.2 Å². The van der Waals surface area contributed by atoms with Crippen molar-refractivity contribution in [1.29, 1.82) is 0 Å². The quantitative estimate of drug-likeness (QED) is 0.175. The molecule has 10 heteroatoms. The van der Waals surface area contributed by atoms with Crippen molar-refractivity contribution in [2.75, 3.05) is 26.2 Å². The van der Waals surface area contributed by atoms with Crippen LogP contribution in [0.1, 0.15) is 52.7 Å². The van der Waals surface area contributed by atoms with Gasteiger partial charge in [0.15, 0.2) is 5.96 Å². The summed E-state index contributed by atoms with van der Waals surface area (Å²) >= 11 is 1.30. The molecule has 2 aromatic rings. The highest BCUT2D eigenvalue weighted by Crippen LogP contribution is 2.24. The molecule has 1 unspecified atom stereocenters. The largest absolute Gasteiger partial charge is 0.462 e. The summed E-state index contributed by atoms with van der Waals surface area (Å²) in [6, 6.07) is 9.82. The van der Waals surface area contributed by atoms with Crippen LogP contribution in [0.25, 0.3) is 0 Å². The average molecular weight is 574 g/mol. The van der Waals surface area contributed by atoms with E-state index in [0.717, 1.165) is 11.4 Å². The van der Waals surface area contributed by atoms with Gasteiger partial charge in [0.25, 0.3) is 0 Å². The lowest BCUT2D eigenvalue weighted by Gasteiger charge is -2.16. The van der Waals surface area contributed by atoms with Gasteiger partial charge in [0.05, 0.1) is 18.3 Å². The molecule has 176 valence electrons. The summed E-state index contributed by atoms with van der Waals surface area (Å²) in [5, 5.41) is 10.0. The monoisotopic (exact) mass is 573 g/mol. The van der Waals surface area contributed by atoms with Gasteiger partial charge < -0.3 is 20.7 Å². The molecule has 0 fully saturated rings. The molecule has 0 bridgehead atoms. The Morgan fingerprint density at radius 1 is 1.19 bits per heavy atom. The molecule has 0 aliphatic carbocycles. The fourth-order valence-corrected chi connectivity index (χ4v) is 3.74. The van der Waals surface area contributed by atoms with Crippen LogP contribution in [-0.4, -0.2) is 49.1 Å². The fraction of sp³-hybridized carbons (Fsp3) is 0.455. The summed E-state index contributed by atoms with van der Waals surface area (Å²) in [6.45, 7) is 9.00. The number of aromatic nitrogens is 1. The molecule has 1 amide bonds. The Labute approximate surface area is 210 Å². The number of guanidine groups is 1. The first-order valence-electron chi connectivity index (χ1n) is 10.4. The van der Waals surface area contributed by atoms with E-state index < -0.39 is 0 Å². The maximum atomic E-state index is 12.1. The summed E-state index contributed by atoms with van der Waals surface area (Å²) in [5.74, 6) is 0.0120. The predicted octanol–water partition coefficient (Wildman–Crippen LogP) is 3.22. The van der Waals surface area contributed by atoms with Gasteiger partial charge in [-0.3, -0.25) is 4.79 Å². The van der Waals surface area contributed by atoms with E-state index in [4.69, 9.17) is 4.74 Å². The molecule has 0 aliphatic heterocycles. The smallest absolute Gasteiger partial charge is 0.350 e. The van der Waals surface area contributed by atoms with Gasteiger partial charge in [0.1, 0.15) is 16.4 Å². The van der Waals surface area contributed by atoms with Gasteiger partial charge in [-0.25, -0.2) is 14.8 Å². The van der Waals surface area contributed by atoms with Crippen molar-refractivity contribution < 1.29 is 14.3 Å². The minimum atomic E-state index is -0.358. The average Bonchev–Trinajstić information content (AvgIpc) is 3.15. The number of rotatable bonds is 10. The highest BCUT2D eigenvalue weighted by atomic mass is 127. The summed E-state index contributed by atoms with van der Waals surface area (Å²) in [4.78, 5) is 33.5. The van der Waals surface area contributed by atoms with E-state index in [2.05, 4.69) is 25.9 Å². The topological polar surface area (TPSA) is 105 Å². The van der Waals surface area contributed by atoms with E-state index in [1.807, 2.05) is 44.2 Å². The fourth-order valence-electron chi connectivity index (χ4n) is 2.77. The van der Waals surface area contributed by atoms with Gasteiger partial charge in [0.2, 0.25) is 5.91 Å². The molecule has 1 heterocycles. The summed E-state index contributed by atoms with van der Waals surface area (Å²) in [6.07, 6.45) is 0.776. The number of amides is 1. The Hall–Kier alpha value is -2.21. The van der Waals surface area contributed by atoms with E-state index in [1.165, 1.54) is 16.9 Å². The number of ether oxygens (including phenoxy) is 1. The molecule has 0 aliphatic rings. The number of carbonyl (C=O) groups is 2. The lowest BCUT2D eigenvalue weighted by molar-refractivity contribution is -0.119. The molecule has 1 atom stereocenters. The number of hydrogen-bond donors (Lipinski definition) is 3. The second-order valence-electron chi connectivity index (χ2n) is 6.83. The number of benzene rings is 1. The van der Waals surface area contributed by atoms with Crippen LogP contribution in [0.3, 0.4) is 0 Å². The Balaban J connectivity index is 0.00000512. The van der Waals surface area contributed by atoms with Crippen molar-refractivity contribution in [2.45, 2.75) is 40.2 Å². The highest BCUT2D eigenvalue weighted by molar-refractivity contribution is 14.0. The van der Waals surface area contributed by atoms with Gasteiger partial charge >= 0.3 is 5.97 Å². The Bertz CT molecular complexity index is 889. The molecule has 0 saturated heterocycles.